The topological polar surface area (TPSA) is 63.4 Å². The van der Waals surface area contributed by atoms with Gasteiger partial charge in [0.25, 0.3) is 0 Å². The maximum Gasteiger partial charge on any atom is 0.244 e. The van der Waals surface area contributed by atoms with Crippen molar-refractivity contribution in [3.05, 3.63) is 23.2 Å². The minimum Gasteiger partial charge on any atom is -0.399 e. The molecule has 1 heterocycles. The minimum absolute atomic E-state index is 0.153. The number of rotatable bonds is 4. The number of benzene rings is 1. The number of nitrogen functional groups attached to an aromatic ring is 1. The Morgan fingerprint density at radius 3 is 2.84 bits per heavy atom. The first kappa shape index (κ1) is 14.6. The van der Waals surface area contributed by atoms with Gasteiger partial charge in [-0.05, 0) is 37.0 Å². The van der Waals surface area contributed by atoms with Gasteiger partial charge in [-0.25, -0.2) is 8.42 Å². The van der Waals surface area contributed by atoms with Gasteiger partial charge in [-0.3, -0.25) is 0 Å². The zero-order valence-electron chi connectivity index (χ0n) is 11.0. The van der Waals surface area contributed by atoms with E-state index in [-0.39, 0.29) is 9.92 Å². The monoisotopic (exact) mass is 302 g/mol. The molecule has 2 N–H and O–H groups in total. The predicted octanol–water partition coefficient (Wildman–Crippen LogP) is 2.73. The van der Waals surface area contributed by atoms with Crippen molar-refractivity contribution in [3.63, 3.8) is 0 Å². The number of nitrogens with zero attached hydrogens (tertiary/aromatic N) is 1. The molecular formula is C13H19ClN2O2S. The third-order valence-electron chi connectivity index (χ3n) is 3.52. The highest BCUT2D eigenvalue weighted by molar-refractivity contribution is 7.89. The van der Waals surface area contributed by atoms with E-state index in [9.17, 15) is 8.42 Å². The second-order valence-corrected chi connectivity index (χ2v) is 7.31. The van der Waals surface area contributed by atoms with E-state index in [4.69, 9.17) is 17.3 Å². The van der Waals surface area contributed by atoms with Crippen LogP contribution in [-0.4, -0.2) is 25.8 Å². The summed E-state index contributed by atoms with van der Waals surface area (Å²) in [4.78, 5) is 0.153. The van der Waals surface area contributed by atoms with Gasteiger partial charge in [0.15, 0.2) is 0 Å². The van der Waals surface area contributed by atoms with Crippen molar-refractivity contribution < 1.29 is 8.42 Å². The molecule has 0 amide bonds. The lowest BCUT2D eigenvalue weighted by Crippen LogP contribution is -2.29. The van der Waals surface area contributed by atoms with Crippen LogP contribution >= 0.6 is 11.6 Å². The van der Waals surface area contributed by atoms with Gasteiger partial charge in [-0.1, -0.05) is 24.9 Å². The molecule has 0 aromatic heterocycles. The van der Waals surface area contributed by atoms with Gasteiger partial charge < -0.3 is 5.73 Å². The molecule has 1 atom stereocenters. The Balaban J connectivity index is 2.23. The Labute approximate surface area is 119 Å². The molecule has 1 aliphatic rings. The minimum atomic E-state index is -3.49. The average molecular weight is 303 g/mol. The van der Waals surface area contributed by atoms with Gasteiger partial charge in [-0.2, -0.15) is 4.31 Å². The van der Waals surface area contributed by atoms with Crippen LogP contribution in [0.1, 0.15) is 26.2 Å². The SMILES string of the molecule is CCCC1CCN(S(=O)(=O)c2ccc(N)cc2Cl)C1. The van der Waals surface area contributed by atoms with Gasteiger partial charge in [0, 0.05) is 18.8 Å². The van der Waals surface area contributed by atoms with E-state index in [1.165, 1.54) is 16.4 Å². The summed E-state index contributed by atoms with van der Waals surface area (Å²) in [6, 6.07) is 4.53. The molecule has 6 heteroatoms. The fraction of sp³-hybridized carbons (Fsp3) is 0.538. The van der Waals surface area contributed by atoms with Crippen LogP contribution in [0.3, 0.4) is 0 Å². The van der Waals surface area contributed by atoms with E-state index in [1.54, 1.807) is 6.07 Å². The summed E-state index contributed by atoms with van der Waals surface area (Å²) in [5.41, 5.74) is 6.06. The van der Waals surface area contributed by atoms with E-state index in [0.717, 1.165) is 19.3 Å². The number of halogens is 1. The second-order valence-electron chi connectivity index (χ2n) is 5.00. The van der Waals surface area contributed by atoms with E-state index < -0.39 is 10.0 Å². The number of sulfonamides is 1. The number of hydrogen-bond acceptors (Lipinski definition) is 3. The maximum absolute atomic E-state index is 12.5. The van der Waals surface area contributed by atoms with Crippen LogP contribution in [0.4, 0.5) is 5.69 Å². The maximum atomic E-state index is 12.5. The third kappa shape index (κ3) is 3.04. The lowest BCUT2D eigenvalue weighted by atomic mass is 10.0. The summed E-state index contributed by atoms with van der Waals surface area (Å²) in [6.07, 6.45) is 3.09. The van der Waals surface area contributed by atoms with Crippen molar-refractivity contribution in [1.29, 1.82) is 0 Å². The van der Waals surface area contributed by atoms with Crippen molar-refractivity contribution in [1.82, 2.24) is 4.31 Å². The molecular weight excluding hydrogens is 284 g/mol. The van der Waals surface area contributed by atoms with Gasteiger partial charge >= 0.3 is 0 Å². The van der Waals surface area contributed by atoms with Crippen LogP contribution in [-0.2, 0) is 10.0 Å². The molecule has 4 nitrogen and oxygen atoms in total. The highest BCUT2D eigenvalue weighted by atomic mass is 35.5. The molecule has 1 aromatic carbocycles. The highest BCUT2D eigenvalue weighted by Gasteiger charge is 2.33. The average Bonchev–Trinajstić information content (AvgIpc) is 2.78. The fourth-order valence-electron chi connectivity index (χ4n) is 2.52. The zero-order valence-corrected chi connectivity index (χ0v) is 12.5. The van der Waals surface area contributed by atoms with Crippen LogP contribution in [0, 0.1) is 5.92 Å². The van der Waals surface area contributed by atoms with Crippen molar-refractivity contribution >= 4 is 27.3 Å². The molecule has 0 radical (unpaired) electrons. The quantitative estimate of drug-likeness (QED) is 0.870. The largest absolute Gasteiger partial charge is 0.399 e. The fourth-order valence-corrected chi connectivity index (χ4v) is 4.58. The summed E-state index contributed by atoms with van der Waals surface area (Å²) < 4.78 is 26.6. The zero-order chi connectivity index (χ0) is 14.0. The first-order valence-electron chi connectivity index (χ1n) is 6.50. The van der Waals surface area contributed by atoms with Crippen LogP contribution in [0.25, 0.3) is 0 Å². The molecule has 1 aliphatic heterocycles. The highest BCUT2D eigenvalue weighted by Crippen LogP contribution is 2.31. The Bertz CT molecular complexity index is 560. The van der Waals surface area contributed by atoms with E-state index >= 15 is 0 Å². The molecule has 1 unspecified atom stereocenters. The molecule has 19 heavy (non-hydrogen) atoms. The lowest BCUT2D eigenvalue weighted by molar-refractivity contribution is 0.444. The number of anilines is 1. The summed E-state index contributed by atoms with van der Waals surface area (Å²) in [5.74, 6) is 0.465. The van der Waals surface area contributed by atoms with Gasteiger partial charge in [0.1, 0.15) is 4.90 Å². The van der Waals surface area contributed by atoms with E-state index in [1.807, 2.05) is 0 Å². The van der Waals surface area contributed by atoms with Crippen LogP contribution in [0.5, 0.6) is 0 Å². The van der Waals surface area contributed by atoms with E-state index in [2.05, 4.69) is 6.92 Å². The first-order chi connectivity index (χ1) is 8.95. The third-order valence-corrected chi connectivity index (χ3v) is 5.87. The smallest absolute Gasteiger partial charge is 0.244 e. The molecule has 106 valence electrons. The standard InChI is InChI=1S/C13H19ClN2O2S/c1-2-3-10-6-7-16(9-10)19(17,18)13-5-4-11(15)8-12(13)14/h4-5,8,10H,2-3,6-7,9,15H2,1H3. The molecule has 0 spiro atoms. The Hall–Kier alpha value is -0.780. The van der Waals surface area contributed by atoms with E-state index in [0.29, 0.717) is 24.7 Å². The van der Waals surface area contributed by atoms with Crippen LogP contribution < -0.4 is 5.73 Å². The first-order valence-corrected chi connectivity index (χ1v) is 8.32. The summed E-state index contributed by atoms with van der Waals surface area (Å²) in [6.45, 7) is 3.29. The number of hydrogen-bond donors (Lipinski definition) is 1. The molecule has 0 aliphatic carbocycles. The van der Waals surface area contributed by atoms with Gasteiger partial charge in [0.05, 0.1) is 5.02 Å². The molecule has 2 rings (SSSR count). The van der Waals surface area contributed by atoms with Crippen molar-refractivity contribution in [2.75, 3.05) is 18.8 Å². The summed E-state index contributed by atoms with van der Waals surface area (Å²) in [7, 11) is -3.49. The molecule has 1 aromatic rings. The van der Waals surface area contributed by atoms with Crippen molar-refractivity contribution in [3.8, 4) is 0 Å². The molecule has 1 fully saturated rings. The van der Waals surface area contributed by atoms with Crippen LogP contribution in [0.2, 0.25) is 5.02 Å². The summed E-state index contributed by atoms with van der Waals surface area (Å²) in [5, 5.41) is 0.193. The molecule has 0 saturated carbocycles. The Kier molecular flexibility index (Phi) is 4.38. The Morgan fingerprint density at radius 1 is 1.47 bits per heavy atom. The van der Waals surface area contributed by atoms with Gasteiger partial charge in [0.2, 0.25) is 10.0 Å². The van der Waals surface area contributed by atoms with Crippen molar-refractivity contribution in [2.45, 2.75) is 31.1 Å². The normalized spacial score (nSPS) is 20.8. The van der Waals surface area contributed by atoms with Crippen molar-refractivity contribution in [2.24, 2.45) is 5.92 Å². The second kappa shape index (κ2) is 5.69. The summed E-state index contributed by atoms with van der Waals surface area (Å²) >= 11 is 6.00. The van der Waals surface area contributed by atoms with Gasteiger partial charge in [-0.15, -0.1) is 0 Å². The lowest BCUT2D eigenvalue weighted by Gasteiger charge is -2.17. The Morgan fingerprint density at radius 2 is 2.21 bits per heavy atom. The predicted molar refractivity (Wildman–Crippen MR) is 77.6 cm³/mol. The molecule has 0 bridgehead atoms. The van der Waals surface area contributed by atoms with Crippen LogP contribution in [0.15, 0.2) is 23.1 Å². The molecule has 1 saturated heterocycles. The number of nitrogens with two attached hydrogens (primary N) is 1.